The van der Waals surface area contributed by atoms with Gasteiger partial charge in [0.15, 0.2) is 0 Å². The van der Waals surface area contributed by atoms with E-state index in [4.69, 9.17) is 16.3 Å². The Morgan fingerprint density at radius 1 is 1.24 bits per heavy atom. The third-order valence-electron chi connectivity index (χ3n) is 3.06. The van der Waals surface area contributed by atoms with Crippen LogP contribution < -0.4 is 4.74 Å². The Morgan fingerprint density at radius 2 is 1.92 bits per heavy atom. The fourth-order valence-corrected chi connectivity index (χ4v) is 2.50. The molecule has 0 radical (unpaired) electrons. The molecule has 0 N–H and O–H groups in total. The number of nitro benzene ring substituents is 1. The molecular weight excluding hydrogens is 383 g/mol. The van der Waals surface area contributed by atoms with Crippen molar-refractivity contribution in [1.82, 2.24) is 0 Å². The van der Waals surface area contributed by atoms with E-state index in [0.717, 1.165) is 36.0 Å². The number of carbonyl (C=O) groups excluding carboxylic acids is 1. The SMILES string of the molecule is CSC(=O)c1cc(Oc2ccc(C(F)(F)F)cc2Cl)ccc1[N+](=O)[O-]. The molecule has 25 heavy (non-hydrogen) atoms. The summed E-state index contributed by atoms with van der Waals surface area (Å²) < 4.78 is 43.2. The summed E-state index contributed by atoms with van der Waals surface area (Å²) >= 11 is 6.57. The van der Waals surface area contributed by atoms with Gasteiger partial charge < -0.3 is 4.74 Å². The number of nitrogens with zero attached hydrogens (tertiary/aromatic N) is 1. The monoisotopic (exact) mass is 391 g/mol. The lowest BCUT2D eigenvalue weighted by Crippen LogP contribution is -2.04. The van der Waals surface area contributed by atoms with Gasteiger partial charge in [-0.05, 0) is 36.6 Å². The first-order valence-electron chi connectivity index (χ1n) is 6.55. The van der Waals surface area contributed by atoms with Gasteiger partial charge in [0, 0.05) is 6.07 Å². The van der Waals surface area contributed by atoms with Crippen LogP contribution in [0.3, 0.4) is 0 Å². The van der Waals surface area contributed by atoms with Gasteiger partial charge in [0.1, 0.15) is 17.1 Å². The molecule has 2 aromatic rings. The molecule has 0 saturated heterocycles. The van der Waals surface area contributed by atoms with Gasteiger partial charge in [-0.1, -0.05) is 23.4 Å². The lowest BCUT2D eigenvalue weighted by Gasteiger charge is -2.11. The van der Waals surface area contributed by atoms with E-state index in [-0.39, 0.29) is 22.1 Å². The number of carbonyl (C=O) groups is 1. The lowest BCUT2D eigenvalue weighted by molar-refractivity contribution is -0.385. The molecule has 10 heteroatoms. The first-order chi connectivity index (χ1) is 11.6. The Hall–Kier alpha value is -2.26. The highest BCUT2D eigenvalue weighted by Gasteiger charge is 2.31. The summed E-state index contributed by atoms with van der Waals surface area (Å²) in [6, 6.07) is 5.98. The van der Waals surface area contributed by atoms with E-state index >= 15 is 0 Å². The van der Waals surface area contributed by atoms with Crippen LogP contribution in [0, 0.1) is 10.1 Å². The highest BCUT2D eigenvalue weighted by Crippen LogP contribution is 2.37. The number of alkyl halides is 3. The molecule has 0 amide bonds. The van der Waals surface area contributed by atoms with Gasteiger partial charge in [-0.2, -0.15) is 13.2 Å². The Balaban J connectivity index is 2.38. The lowest BCUT2D eigenvalue weighted by atomic mass is 10.2. The third-order valence-corrected chi connectivity index (χ3v) is 3.94. The molecule has 5 nitrogen and oxygen atoms in total. The third kappa shape index (κ3) is 4.43. The summed E-state index contributed by atoms with van der Waals surface area (Å²) in [5.41, 5.74) is -1.52. The van der Waals surface area contributed by atoms with Crippen LogP contribution in [0.5, 0.6) is 11.5 Å². The number of thioether (sulfide) groups is 1. The quantitative estimate of drug-likeness (QED) is 0.504. The van der Waals surface area contributed by atoms with E-state index in [0.29, 0.717) is 6.07 Å². The molecule has 2 aromatic carbocycles. The largest absolute Gasteiger partial charge is 0.456 e. The van der Waals surface area contributed by atoms with Gasteiger partial charge in [0.05, 0.1) is 15.5 Å². The molecule has 132 valence electrons. The van der Waals surface area contributed by atoms with Crippen LogP contribution in [0.1, 0.15) is 15.9 Å². The van der Waals surface area contributed by atoms with Gasteiger partial charge in [-0.15, -0.1) is 0 Å². The van der Waals surface area contributed by atoms with Gasteiger partial charge in [-0.3, -0.25) is 14.9 Å². The molecule has 0 aromatic heterocycles. The molecule has 0 bridgehead atoms. The Labute approximate surface area is 148 Å². The summed E-state index contributed by atoms with van der Waals surface area (Å²) in [5.74, 6) is -0.0456. The summed E-state index contributed by atoms with van der Waals surface area (Å²) in [5, 5.41) is 10.1. The van der Waals surface area contributed by atoms with E-state index in [1.807, 2.05) is 0 Å². The molecule has 0 unspecified atom stereocenters. The number of hydrogen-bond acceptors (Lipinski definition) is 5. The van der Waals surface area contributed by atoms with Crippen molar-refractivity contribution in [3.63, 3.8) is 0 Å². The van der Waals surface area contributed by atoms with E-state index in [1.54, 1.807) is 0 Å². The number of nitro groups is 1. The van der Waals surface area contributed by atoms with Gasteiger partial charge in [-0.25, -0.2) is 0 Å². The van der Waals surface area contributed by atoms with Gasteiger partial charge in [0.25, 0.3) is 5.69 Å². The van der Waals surface area contributed by atoms with Crippen molar-refractivity contribution < 1.29 is 27.6 Å². The molecule has 0 spiro atoms. The normalized spacial score (nSPS) is 11.2. The van der Waals surface area contributed by atoms with Crippen LogP contribution in [0.15, 0.2) is 36.4 Å². The number of benzene rings is 2. The second-order valence-corrected chi connectivity index (χ2v) is 5.86. The predicted molar refractivity (Wildman–Crippen MR) is 87.5 cm³/mol. The first kappa shape index (κ1) is 19.1. The topological polar surface area (TPSA) is 69.4 Å². The molecular formula is C15H9ClF3NO4S. The van der Waals surface area contributed by atoms with Crippen LogP contribution in [-0.2, 0) is 6.18 Å². The fourth-order valence-electron chi connectivity index (χ4n) is 1.90. The van der Waals surface area contributed by atoms with Crippen molar-refractivity contribution >= 4 is 34.2 Å². The zero-order chi connectivity index (χ0) is 18.8. The highest BCUT2D eigenvalue weighted by molar-refractivity contribution is 8.13. The second-order valence-electron chi connectivity index (χ2n) is 4.67. The molecule has 0 fully saturated rings. The maximum absolute atomic E-state index is 12.6. The van der Waals surface area contributed by atoms with Crippen LogP contribution >= 0.6 is 23.4 Å². The molecule has 0 aliphatic rings. The average molecular weight is 392 g/mol. The average Bonchev–Trinajstić information content (AvgIpc) is 2.54. The Kier molecular flexibility index (Phi) is 5.58. The smallest absolute Gasteiger partial charge is 0.416 e. The van der Waals surface area contributed by atoms with E-state index in [9.17, 15) is 28.1 Å². The standard InChI is InChI=1S/C15H9ClF3NO4S/c1-25-14(21)10-7-9(3-4-12(10)20(22)23)24-13-5-2-8(6-11(13)16)15(17,18)19/h2-7H,1H3. The molecule has 0 aliphatic carbocycles. The number of hydrogen-bond donors (Lipinski definition) is 0. The molecule has 0 saturated carbocycles. The number of halogens is 4. The van der Waals surface area contributed by atoms with Crippen molar-refractivity contribution in [2.24, 2.45) is 0 Å². The number of ether oxygens (including phenoxy) is 1. The fraction of sp³-hybridized carbons (Fsp3) is 0.133. The summed E-state index contributed by atoms with van der Waals surface area (Å²) in [7, 11) is 0. The van der Waals surface area contributed by atoms with E-state index in [2.05, 4.69) is 0 Å². The van der Waals surface area contributed by atoms with Crippen LogP contribution in [0.25, 0.3) is 0 Å². The molecule has 0 atom stereocenters. The predicted octanol–water partition coefficient (Wildman–Crippen LogP) is 5.56. The second kappa shape index (κ2) is 7.32. The van der Waals surface area contributed by atoms with Crippen molar-refractivity contribution in [2.45, 2.75) is 6.18 Å². The summed E-state index contributed by atoms with van der Waals surface area (Å²) in [4.78, 5) is 22.1. The maximum atomic E-state index is 12.6. The molecule has 2 rings (SSSR count). The van der Waals surface area contributed by atoms with E-state index < -0.39 is 27.5 Å². The van der Waals surface area contributed by atoms with Crippen molar-refractivity contribution in [3.05, 3.63) is 62.7 Å². The Morgan fingerprint density at radius 3 is 2.44 bits per heavy atom. The molecule has 0 aliphatic heterocycles. The van der Waals surface area contributed by atoms with Gasteiger partial charge in [0.2, 0.25) is 5.12 Å². The maximum Gasteiger partial charge on any atom is 0.416 e. The van der Waals surface area contributed by atoms with Gasteiger partial charge >= 0.3 is 6.18 Å². The minimum atomic E-state index is -4.55. The van der Waals surface area contributed by atoms with E-state index in [1.165, 1.54) is 12.3 Å². The summed E-state index contributed by atoms with van der Waals surface area (Å²) in [6.07, 6.45) is -3.08. The van der Waals surface area contributed by atoms with Crippen molar-refractivity contribution in [2.75, 3.05) is 6.26 Å². The van der Waals surface area contributed by atoms with Crippen molar-refractivity contribution in [1.29, 1.82) is 0 Å². The van der Waals surface area contributed by atoms with Crippen LogP contribution in [-0.4, -0.2) is 16.3 Å². The minimum Gasteiger partial charge on any atom is -0.456 e. The summed E-state index contributed by atoms with van der Waals surface area (Å²) in [6.45, 7) is 0. The Bertz CT molecular complexity index is 842. The zero-order valence-electron chi connectivity index (χ0n) is 12.5. The van der Waals surface area contributed by atoms with Crippen LogP contribution in [0.4, 0.5) is 18.9 Å². The zero-order valence-corrected chi connectivity index (χ0v) is 14.0. The highest BCUT2D eigenvalue weighted by atomic mass is 35.5. The van der Waals surface area contributed by atoms with Crippen molar-refractivity contribution in [3.8, 4) is 11.5 Å². The number of rotatable bonds is 4. The van der Waals surface area contributed by atoms with Crippen LogP contribution in [0.2, 0.25) is 5.02 Å². The minimum absolute atomic E-state index is 0.0321. The molecule has 0 heterocycles. The first-order valence-corrected chi connectivity index (χ1v) is 8.15.